The Hall–Kier alpha value is -2.63. The lowest BCUT2D eigenvalue weighted by Gasteiger charge is -2.29. The number of anilines is 1. The van der Waals surface area contributed by atoms with Gasteiger partial charge in [0, 0.05) is 5.70 Å². The van der Waals surface area contributed by atoms with Crippen LogP contribution in [0.25, 0.3) is 0 Å². The van der Waals surface area contributed by atoms with E-state index in [1.807, 2.05) is 6.92 Å². The number of rotatable bonds is 6. The van der Waals surface area contributed by atoms with Crippen LogP contribution in [0.2, 0.25) is 0 Å². The molecule has 1 atom stereocenters. The summed E-state index contributed by atoms with van der Waals surface area (Å²) in [7, 11) is 0. The summed E-state index contributed by atoms with van der Waals surface area (Å²) in [6.07, 6.45) is 3.18. The molecule has 0 saturated carbocycles. The molecule has 2 aromatic rings. The number of hydrogen-bond donors (Lipinski definition) is 1. The number of allylic oxidation sites excluding steroid dienone is 1. The summed E-state index contributed by atoms with van der Waals surface area (Å²) in [4.78, 5) is 17.1. The number of esters is 1. The molecule has 0 radical (unpaired) electrons. The molecule has 0 fully saturated rings. The lowest BCUT2D eigenvalue weighted by atomic mass is 9.92. The Balaban J connectivity index is 2.12. The minimum absolute atomic E-state index is 0.303. The number of nitrogens with zero attached hydrogens (tertiary/aromatic N) is 3. The third-order valence-electron chi connectivity index (χ3n) is 4.59. The number of fused-ring (bicyclic) bond motifs is 1. The fraction of sp³-hybridized carbons (Fsp3) is 0.450. The molecule has 2 heterocycles. The number of aromatic nitrogens is 3. The van der Waals surface area contributed by atoms with Crippen molar-refractivity contribution in [1.29, 1.82) is 0 Å². The largest absolute Gasteiger partial charge is 0.463 e. The molecule has 6 nitrogen and oxygen atoms in total. The Labute approximate surface area is 154 Å². The zero-order valence-electron chi connectivity index (χ0n) is 15.8. The van der Waals surface area contributed by atoms with Crippen molar-refractivity contribution >= 4 is 11.9 Å². The monoisotopic (exact) mass is 354 g/mol. The van der Waals surface area contributed by atoms with Crippen LogP contribution in [-0.4, -0.2) is 27.3 Å². The van der Waals surface area contributed by atoms with E-state index in [-0.39, 0.29) is 12.0 Å². The van der Waals surface area contributed by atoms with E-state index in [2.05, 4.69) is 60.4 Å². The van der Waals surface area contributed by atoms with Gasteiger partial charge in [0.1, 0.15) is 12.4 Å². The first kappa shape index (κ1) is 18.2. The maximum atomic E-state index is 12.8. The molecule has 0 saturated heterocycles. The highest BCUT2D eigenvalue weighted by atomic mass is 16.5. The van der Waals surface area contributed by atoms with Gasteiger partial charge in [0.05, 0.1) is 12.2 Å². The Morgan fingerprint density at radius 1 is 1.27 bits per heavy atom. The molecule has 6 heteroatoms. The predicted molar refractivity (Wildman–Crippen MR) is 101 cm³/mol. The van der Waals surface area contributed by atoms with Crippen LogP contribution in [0, 0.1) is 0 Å². The molecular weight excluding hydrogens is 328 g/mol. The second-order valence-electron chi connectivity index (χ2n) is 6.74. The average molecular weight is 354 g/mol. The second kappa shape index (κ2) is 7.72. The average Bonchev–Trinajstić information content (AvgIpc) is 3.09. The van der Waals surface area contributed by atoms with E-state index >= 15 is 0 Å². The van der Waals surface area contributed by atoms with Crippen molar-refractivity contribution in [3.05, 3.63) is 53.0 Å². The Morgan fingerprint density at radius 2 is 2.00 bits per heavy atom. The first-order valence-corrected chi connectivity index (χ1v) is 9.23. The van der Waals surface area contributed by atoms with Crippen molar-refractivity contribution in [2.24, 2.45) is 0 Å². The van der Waals surface area contributed by atoms with Gasteiger partial charge >= 0.3 is 5.97 Å². The molecule has 0 aliphatic carbocycles. The third kappa shape index (κ3) is 3.36. The van der Waals surface area contributed by atoms with E-state index in [0.717, 1.165) is 24.1 Å². The molecule has 1 aromatic heterocycles. The van der Waals surface area contributed by atoms with E-state index in [9.17, 15) is 4.79 Å². The highest BCUT2D eigenvalue weighted by molar-refractivity contribution is 5.92. The van der Waals surface area contributed by atoms with Gasteiger partial charge in [-0.1, -0.05) is 51.5 Å². The van der Waals surface area contributed by atoms with E-state index in [1.165, 1.54) is 11.9 Å². The normalized spacial score (nSPS) is 16.4. The van der Waals surface area contributed by atoms with Gasteiger partial charge in [-0.3, -0.25) is 0 Å². The summed E-state index contributed by atoms with van der Waals surface area (Å²) >= 11 is 0. The molecule has 1 aliphatic rings. The number of hydrogen-bond acceptors (Lipinski definition) is 5. The zero-order chi connectivity index (χ0) is 18.7. The Bertz CT molecular complexity index is 805. The summed E-state index contributed by atoms with van der Waals surface area (Å²) in [6.45, 7) is 8.58. The maximum absolute atomic E-state index is 12.8. The number of nitrogens with one attached hydrogen (secondary N) is 1. The molecule has 0 amide bonds. The van der Waals surface area contributed by atoms with Crippen LogP contribution in [0.5, 0.6) is 0 Å². The van der Waals surface area contributed by atoms with Crippen LogP contribution in [-0.2, 0) is 9.53 Å². The fourth-order valence-corrected chi connectivity index (χ4v) is 3.28. The minimum atomic E-state index is -0.337. The quantitative estimate of drug-likeness (QED) is 0.793. The maximum Gasteiger partial charge on any atom is 0.338 e. The molecule has 138 valence electrons. The van der Waals surface area contributed by atoms with Gasteiger partial charge in [-0.15, -0.1) is 0 Å². The molecular formula is C20H26N4O2. The second-order valence-corrected chi connectivity index (χ2v) is 6.74. The molecule has 1 N–H and O–H groups in total. The van der Waals surface area contributed by atoms with Gasteiger partial charge in [0.25, 0.3) is 0 Å². The van der Waals surface area contributed by atoms with Crippen molar-refractivity contribution in [2.75, 3.05) is 11.9 Å². The van der Waals surface area contributed by atoms with Gasteiger partial charge in [-0.2, -0.15) is 10.1 Å². The number of carbonyl (C=O) groups excluding carboxylic acids is 1. The van der Waals surface area contributed by atoms with E-state index in [1.54, 1.807) is 4.68 Å². The number of benzene rings is 1. The Kier molecular flexibility index (Phi) is 5.40. The van der Waals surface area contributed by atoms with Crippen LogP contribution >= 0.6 is 0 Å². The summed E-state index contributed by atoms with van der Waals surface area (Å²) < 4.78 is 7.12. The van der Waals surface area contributed by atoms with Crippen LogP contribution in [0.15, 0.2) is 41.9 Å². The van der Waals surface area contributed by atoms with Gasteiger partial charge in [0.2, 0.25) is 5.95 Å². The highest BCUT2D eigenvalue weighted by Crippen LogP contribution is 2.37. The number of ether oxygens (including phenoxy) is 1. The fourth-order valence-electron chi connectivity index (χ4n) is 3.28. The summed E-state index contributed by atoms with van der Waals surface area (Å²) in [6, 6.07) is 8.02. The third-order valence-corrected chi connectivity index (χ3v) is 4.59. The van der Waals surface area contributed by atoms with E-state index in [0.29, 0.717) is 24.0 Å². The number of carbonyl (C=O) groups is 1. The van der Waals surface area contributed by atoms with Gasteiger partial charge in [-0.05, 0) is 30.4 Å². The van der Waals surface area contributed by atoms with Crippen LogP contribution in [0.4, 0.5) is 5.95 Å². The molecule has 1 aromatic carbocycles. The molecule has 3 rings (SSSR count). The van der Waals surface area contributed by atoms with Crippen LogP contribution in [0.1, 0.15) is 63.6 Å². The van der Waals surface area contributed by atoms with Gasteiger partial charge < -0.3 is 10.1 Å². The molecule has 0 bridgehead atoms. The van der Waals surface area contributed by atoms with Crippen molar-refractivity contribution in [3.63, 3.8) is 0 Å². The zero-order valence-corrected chi connectivity index (χ0v) is 15.8. The lowest BCUT2D eigenvalue weighted by Crippen LogP contribution is -2.30. The highest BCUT2D eigenvalue weighted by Gasteiger charge is 2.35. The topological polar surface area (TPSA) is 69.0 Å². The first-order chi connectivity index (χ1) is 12.6. The van der Waals surface area contributed by atoms with Crippen molar-refractivity contribution in [2.45, 2.75) is 52.5 Å². The summed E-state index contributed by atoms with van der Waals surface area (Å²) in [5, 5.41) is 7.63. The minimum Gasteiger partial charge on any atom is -0.463 e. The van der Waals surface area contributed by atoms with Crippen LogP contribution in [0.3, 0.4) is 0 Å². The molecule has 26 heavy (non-hydrogen) atoms. The van der Waals surface area contributed by atoms with Gasteiger partial charge in [-0.25, -0.2) is 9.48 Å². The van der Waals surface area contributed by atoms with Gasteiger partial charge in [0.15, 0.2) is 0 Å². The lowest BCUT2D eigenvalue weighted by molar-refractivity contribution is -0.139. The van der Waals surface area contributed by atoms with Crippen molar-refractivity contribution in [1.82, 2.24) is 14.8 Å². The van der Waals surface area contributed by atoms with Crippen LogP contribution < -0.4 is 5.32 Å². The predicted octanol–water partition coefficient (Wildman–Crippen LogP) is 4.03. The standard InChI is InChI=1S/C20H26N4O2/c1-5-7-16-17(19(25)26-6-2)18(24-20(23-16)21-12-22-24)15-10-8-14(9-11-15)13(3)4/h8-13,18H,5-7H2,1-4H3,(H,21,22,23)/t18-/m1/s1. The van der Waals surface area contributed by atoms with E-state index < -0.39 is 0 Å². The summed E-state index contributed by atoms with van der Waals surface area (Å²) in [5.74, 6) is 0.802. The summed E-state index contributed by atoms with van der Waals surface area (Å²) in [5.41, 5.74) is 3.74. The van der Waals surface area contributed by atoms with Crippen molar-refractivity contribution < 1.29 is 9.53 Å². The molecule has 0 spiro atoms. The first-order valence-electron chi connectivity index (χ1n) is 9.23. The Morgan fingerprint density at radius 3 is 2.62 bits per heavy atom. The molecule has 0 unspecified atom stereocenters. The smallest absolute Gasteiger partial charge is 0.338 e. The van der Waals surface area contributed by atoms with E-state index in [4.69, 9.17) is 4.74 Å². The molecule has 1 aliphatic heterocycles. The van der Waals surface area contributed by atoms with Crippen molar-refractivity contribution in [3.8, 4) is 0 Å². The SMILES string of the molecule is CCCC1=C(C(=O)OCC)[C@@H](c2ccc(C(C)C)cc2)n2ncnc2N1.